The van der Waals surface area contributed by atoms with E-state index in [0.29, 0.717) is 19.4 Å². The molecule has 0 aromatic heterocycles. The van der Waals surface area contributed by atoms with Crippen molar-refractivity contribution in [2.24, 2.45) is 0 Å². The van der Waals surface area contributed by atoms with E-state index in [4.69, 9.17) is 23.7 Å². The average molecular weight is 439 g/mol. The molecule has 4 heterocycles. The fourth-order valence-electron chi connectivity index (χ4n) is 5.42. The minimum absolute atomic E-state index is 0.320. The van der Waals surface area contributed by atoms with E-state index in [1.165, 1.54) is 22.3 Å². The van der Waals surface area contributed by atoms with E-state index in [2.05, 4.69) is 34.1 Å². The number of methoxy groups -OCH3 is 1. The van der Waals surface area contributed by atoms with Gasteiger partial charge < -0.3 is 23.7 Å². The van der Waals surface area contributed by atoms with Crippen molar-refractivity contribution >= 4 is 0 Å². The third-order valence-corrected chi connectivity index (χ3v) is 7.18. The fraction of sp³-hybridized carbons (Fsp3) is 0.520. The lowest BCUT2D eigenvalue weighted by molar-refractivity contribution is 0.0319. The first kappa shape index (κ1) is 20.1. The Balaban J connectivity index is 1.25. The van der Waals surface area contributed by atoms with E-state index in [1.807, 2.05) is 0 Å². The molecule has 4 aliphatic heterocycles. The number of ether oxygens (including phenoxy) is 5. The summed E-state index contributed by atoms with van der Waals surface area (Å²) in [4.78, 5) is 4.97. The maximum Gasteiger partial charge on any atom is 0.231 e. The molecule has 0 saturated carbocycles. The quantitative estimate of drug-likeness (QED) is 0.712. The minimum Gasteiger partial charge on any atom is -0.493 e. The average Bonchev–Trinajstić information content (AvgIpc) is 3.30. The highest BCUT2D eigenvalue weighted by Crippen LogP contribution is 2.46. The van der Waals surface area contributed by atoms with Gasteiger partial charge in [0.05, 0.1) is 20.3 Å². The zero-order chi connectivity index (χ0) is 21.5. The van der Waals surface area contributed by atoms with Gasteiger partial charge in [-0.1, -0.05) is 6.07 Å². The Morgan fingerprint density at radius 3 is 2.72 bits per heavy atom. The molecule has 0 radical (unpaired) electrons. The van der Waals surface area contributed by atoms with E-state index in [9.17, 15) is 0 Å². The SMILES string of the molecule is COc1ccc2c(c1OCCN1CCOCC1)CN1CCc3cc4c(cc3C1C2)OCO4. The van der Waals surface area contributed by atoms with Crippen LogP contribution >= 0.6 is 0 Å². The Morgan fingerprint density at radius 2 is 1.88 bits per heavy atom. The maximum atomic E-state index is 6.37. The summed E-state index contributed by atoms with van der Waals surface area (Å²) in [6, 6.07) is 9.00. The zero-order valence-electron chi connectivity index (χ0n) is 18.6. The molecule has 7 nitrogen and oxygen atoms in total. The number of benzene rings is 2. The summed E-state index contributed by atoms with van der Waals surface area (Å²) in [5.74, 6) is 3.49. The van der Waals surface area contributed by atoms with Gasteiger partial charge in [0.2, 0.25) is 6.79 Å². The topological polar surface area (TPSA) is 52.6 Å². The van der Waals surface area contributed by atoms with Crippen LogP contribution < -0.4 is 18.9 Å². The lowest BCUT2D eigenvalue weighted by Crippen LogP contribution is -2.40. The zero-order valence-corrected chi connectivity index (χ0v) is 18.6. The molecule has 0 bridgehead atoms. The van der Waals surface area contributed by atoms with Crippen LogP contribution in [0.3, 0.4) is 0 Å². The summed E-state index contributed by atoms with van der Waals surface area (Å²) in [7, 11) is 1.72. The van der Waals surface area contributed by atoms with Crippen LogP contribution in [0.25, 0.3) is 0 Å². The van der Waals surface area contributed by atoms with Crippen molar-refractivity contribution in [2.75, 3.05) is 59.9 Å². The van der Waals surface area contributed by atoms with Gasteiger partial charge in [-0.25, -0.2) is 0 Å². The molecule has 170 valence electrons. The molecule has 0 amide bonds. The molecular formula is C25H30N2O5. The van der Waals surface area contributed by atoms with Gasteiger partial charge in [-0.05, 0) is 47.7 Å². The lowest BCUT2D eigenvalue weighted by atomic mass is 9.83. The van der Waals surface area contributed by atoms with Crippen molar-refractivity contribution in [3.63, 3.8) is 0 Å². The van der Waals surface area contributed by atoms with Crippen LogP contribution in [0.4, 0.5) is 0 Å². The van der Waals surface area contributed by atoms with E-state index >= 15 is 0 Å². The Hall–Kier alpha value is -2.48. The van der Waals surface area contributed by atoms with Gasteiger partial charge in [0.25, 0.3) is 0 Å². The van der Waals surface area contributed by atoms with Crippen molar-refractivity contribution < 1.29 is 23.7 Å². The number of rotatable bonds is 5. The van der Waals surface area contributed by atoms with Crippen molar-refractivity contribution in [3.05, 3.63) is 46.5 Å². The summed E-state index contributed by atoms with van der Waals surface area (Å²) in [6.45, 7) is 7.34. The second-order valence-corrected chi connectivity index (χ2v) is 8.88. The largest absolute Gasteiger partial charge is 0.493 e. The Labute approximate surface area is 188 Å². The Bertz CT molecular complexity index is 1000. The monoisotopic (exact) mass is 438 g/mol. The molecule has 1 saturated heterocycles. The summed E-state index contributed by atoms with van der Waals surface area (Å²) >= 11 is 0. The van der Waals surface area contributed by atoms with Gasteiger partial charge in [0, 0.05) is 44.3 Å². The van der Waals surface area contributed by atoms with Gasteiger partial charge in [-0.2, -0.15) is 0 Å². The van der Waals surface area contributed by atoms with Gasteiger partial charge in [0.1, 0.15) is 6.61 Å². The fourth-order valence-corrected chi connectivity index (χ4v) is 5.42. The third kappa shape index (κ3) is 3.58. The van der Waals surface area contributed by atoms with E-state index in [-0.39, 0.29) is 0 Å². The molecule has 0 aliphatic carbocycles. The predicted molar refractivity (Wildman–Crippen MR) is 119 cm³/mol. The van der Waals surface area contributed by atoms with E-state index in [0.717, 1.165) is 81.8 Å². The summed E-state index contributed by atoms with van der Waals surface area (Å²) in [5, 5.41) is 0. The van der Waals surface area contributed by atoms with Gasteiger partial charge in [-0.15, -0.1) is 0 Å². The predicted octanol–water partition coefficient (Wildman–Crippen LogP) is 2.79. The summed E-state index contributed by atoms with van der Waals surface area (Å²) in [6.07, 6.45) is 1.99. The first-order chi connectivity index (χ1) is 15.8. The number of hydrogen-bond donors (Lipinski definition) is 0. The van der Waals surface area contributed by atoms with Gasteiger partial charge in [-0.3, -0.25) is 9.80 Å². The number of nitrogens with zero attached hydrogens (tertiary/aromatic N) is 2. The third-order valence-electron chi connectivity index (χ3n) is 7.18. The van der Waals surface area contributed by atoms with Crippen molar-refractivity contribution in [1.29, 1.82) is 0 Å². The molecule has 6 rings (SSSR count). The maximum absolute atomic E-state index is 6.37. The molecule has 4 aliphatic rings. The van der Waals surface area contributed by atoms with Crippen molar-refractivity contribution in [2.45, 2.75) is 25.4 Å². The highest BCUT2D eigenvalue weighted by atomic mass is 16.7. The highest BCUT2D eigenvalue weighted by Gasteiger charge is 2.35. The molecule has 0 N–H and O–H groups in total. The molecule has 2 aromatic carbocycles. The molecule has 0 spiro atoms. The van der Waals surface area contributed by atoms with Crippen LogP contribution in [0.1, 0.15) is 28.3 Å². The first-order valence-electron chi connectivity index (χ1n) is 11.6. The van der Waals surface area contributed by atoms with Crippen LogP contribution in [0.5, 0.6) is 23.0 Å². The van der Waals surface area contributed by atoms with Crippen LogP contribution in [0.15, 0.2) is 24.3 Å². The van der Waals surface area contributed by atoms with Crippen LogP contribution in [0.2, 0.25) is 0 Å². The standard InChI is InChI=1S/C25H30N2O5/c1-28-22-3-2-17-12-21-19-14-24-23(31-16-32-24)13-18(19)4-5-27(21)15-20(17)25(22)30-11-8-26-6-9-29-10-7-26/h2-3,13-14,21H,4-12,15-16H2,1H3. The summed E-state index contributed by atoms with van der Waals surface area (Å²) in [5.41, 5.74) is 5.37. The Kier molecular flexibility index (Phi) is 5.33. The van der Waals surface area contributed by atoms with Gasteiger partial charge in [0.15, 0.2) is 23.0 Å². The number of hydrogen-bond acceptors (Lipinski definition) is 7. The number of morpholine rings is 1. The molecule has 1 atom stereocenters. The molecule has 32 heavy (non-hydrogen) atoms. The normalized spacial score (nSPS) is 22.1. The molecule has 2 aromatic rings. The van der Waals surface area contributed by atoms with Crippen molar-refractivity contribution in [1.82, 2.24) is 9.80 Å². The smallest absolute Gasteiger partial charge is 0.231 e. The first-order valence-corrected chi connectivity index (χ1v) is 11.6. The molecule has 1 fully saturated rings. The van der Waals surface area contributed by atoms with Crippen LogP contribution in [-0.2, 0) is 24.1 Å². The van der Waals surface area contributed by atoms with Crippen LogP contribution in [-0.4, -0.2) is 69.7 Å². The molecule has 7 heteroatoms. The number of fused-ring (bicyclic) bond motifs is 5. The second kappa shape index (κ2) is 8.46. The lowest BCUT2D eigenvalue weighted by Gasteiger charge is -2.42. The highest BCUT2D eigenvalue weighted by molar-refractivity contribution is 5.55. The van der Waals surface area contributed by atoms with Crippen molar-refractivity contribution in [3.8, 4) is 23.0 Å². The molecule has 1 unspecified atom stereocenters. The van der Waals surface area contributed by atoms with Crippen LogP contribution in [0, 0.1) is 0 Å². The van der Waals surface area contributed by atoms with E-state index in [1.54, 1.807) is 7.11 Å². The molecular weight excluding hydrogens is 408 g/mol. The summed E-state index contributed by atoms with van der Waals surface area (Å²) < 4.78 is 28.8. The van der Waals surface area contributed by atoms with Gasteiger partial charge >= 0.3 is 0 Å². The Morgan fingerprint density at radius 1 is 1.03 bits per heavy atom. The minimum atomic E-state index is 0.320. The van der Waals surface area contributed by atoms with E-state index < -0.39 is 0 Å². The second-order valence-electron chi connectivity index (χ2n) is 8.88.